The quantitative estimate of drug-likeness (QED) is 0.685. The van der Waals surface area contributed by atoms with E-state index in [1.807, 2.05) is 0 Å². The molecule has 0 aliphatic heterocycles. The summed E-state index contributed by atoms with van der Waals surface area (Å²) in [7, 11) is 0. The number of aryl methyl sites for hydroxylation is 2. The van der Waals surface area contributed by atoms with Gasteiger partial charge in [0.25, 0.3) is 0 Å². The highest BCUT2D eigenvalue weighted by Crippen LogP contribution is 2.27. The third kappa shape index (κ3) is 2.76. The van der Waals surface area contributed by atoms with Gasteiger partial charge in [-0.2, -0.15) is 0 Å². The van der Waals surface area contributed by atoms with Crippen LogP contribution in [-0.2, 0) is 6.42 Å². The fourth-order valence-corrected chi connectivity index (χ4v) is 2.24. The third-order valence-electron chi connectivity index (χ3n) is 3.25. The minimum atomic E-state index is 1.18. The van der Waals surface area contributed by atoms with Gasteiger partial charge in [0, 0.05) is 0 Å². The van der Waals surface area contributed by atoms with Crippen molar-refractivity contribution in [1.82, 2.24) is 0 Å². The van der Waals surface area contributed by atoms with Gasteiger partial charge in [0.15, 0.2) is 0 Å². The lowest BCUT2D eigenvalue weighted by Gasteiger charge is -2.11. The van der Waals surface area contributed by atoms with E-state index in [0.717, 1.165) is 0 Å². The summed E-state index contributed by atoms with van der Waals surface area (Å²) in [4.78, 5) is 0. The molecule has 0 heterocycles. The summed E-state index contributed by atoms with van der Waals surface area (Å²) in [6, 6.07) is 17.4. The highest BCUT2D eigenvalue weighted by atomic mass is 14.1. The molecule has 2 aromatic carbocycles. The van der Waals surface area contributed by atoms with Crippen LogP contribution in [0.2, 0.25) is 0 Å². The number of unbranched alkanes of at least 4 members (excludes halogenated alkanes) is 1. The van der Waals surface area contributed by atoms with E-state index in [-0.39, 0.29) is 0 Å². The molecule has 0 amide bonds. The lowest BCUT2D eigenvalue weighted by atomic mass is 9.93. The van der Waals surface area contributed by atoms with E-state index in [4.69, 9.17) is 0 Å². The van der Waals surface area contributed by atoms with E-state index < -0.39 is 0 Å². The first-order valence-electron chi connectivity index (χ1n) is 6.47. The molecule has 0 aromatic heterocycles. The SMILES string of the molecule is CCCCc1ccccc1-c1ccccc1C. The van der Waals surface area contributed by atoms with Crippen molar-refractivity contribution in [2.24, 2.45) is 0 Å². The fraction of sp³-hybridized carbons (Fsp3) is 0.294. The van der Waals surface area contributed by atoms with Crippen LogP contribution in [0.1, 0.15) is 30.9 Å². The summed E-state index contributed by atoms with van der Waals surface area (Å²) >= 11 is 0. The number of hydrogen-bond acceptors (Lipinski definition) is 0. The minimum absolute atomic E-state index is 1.18. The molecular formula is C17H20. The monoisotopic (exact) mass is 224 g/mol. The molecule has 0 saturated carbocycles. The predicted molar refractivity (Wildman–Crippen MR) is 75.2 cm³/mol. The first-order chi connectivity index (χ1) is 8.33. The molecule has 17 heavy (non-hydrogen) atoms. The van der Waals surface area contributed by atoms with Gasteiger partial charge in [0.05, 0.1) is 0 Å². The van der Waals surface area contributed by atoms with Crippen molar-refractivity contribution in [3.63, 3.8) is 0 Å². The third-order valence-corrected chi connectivity index (χ3v) is 3.25. The van der Waals surface area contributed by atoms with Crippen LogP contribution in [-0.4, -0.2) is 0 Å². The van der Waals surface area contributed by atoms with Gasteiger partial charge in [0.2, 0.25) is 0 Å². The Morgan fingerprint density at radius 1 is 0.824 bits per heavy atom. The Balaban J connectivity index is 2.41. The molecule has 0 N–H and O–H groups in total. The Morgan fingerprint density at radius 3 is 2.18 bits per heavy atom. The average molecular weight is 224 g/mol. The number of hydrogen-bond donors (Lipinski definition) is 0. The second-order valence-electron chi connectivity index (χ2n) is 4.58. The van der Waals surface area contributed by atoms with Crippen molar-refractivity contribution in [2.45, 2.75) is 33.1 Å². The molecule has 0 saturated heterocycles. The topological polar surface area (TPSA) is 0 Å². The van der Waals surface area contributed by atoms with Crippen molar-refractivity contribution in [1.29, 1.82) is 0 Å². The summed E-state index contributed by atoms with van der Waals surface area (Å²) in [5.41, 5.74) is 5.61. The fourth-order valence-electron chi connectivity index (χ4n) is 2.24. The lowest BCUT2D eigenvalue weighted by Crippen LogP contribution is -1.91. The molecule has 2 rings (SSSR count). The van der Waals surface area contributed by atoms with E-state index in [0.29, 0.717) is 0 Å². The highest BCUT2D eigenvalue weighted by Gasteiger charge is 2.05. The molecule has 0 aliphatic carbocycles. The molecule has 0 aliphatic rings. The summed E-state index contributed by atoms with van der Waals surface area (Å²) in [5.74, 6) is 0. The summed E-state index contributed by atoms with van der Waals surface area (Å²) in [6.45, 7) is 4.43. The van der Waals surface area contributed by atoms with Gasteiger partial charge < -0.3 is 0 Å². The Hall–Kier alpha value is -1.56. The van der Waals surface area contributed by atoms with Gasteiger partial charge >= 0.3 is 0 Å². The highest BCUT2D eigenvalue weighted by molar-refractivity contribution is 5.70. The molecule has 0 atom stereocenters. The molecule has 88 valence electrons. The van der Waals surface area contributed by atoms with Crippen molar-refractivity contribution >= 4 is 0 Å². The van der Waals surface area contributed by atoms with Crippen LogP contribution in [0.4, 0.5) is 0 Å². The maximum absolute atomic E-state index is 2.26. The molecule has 0 unspecified atom stereocenters. The van der Waals surface area contributed by atoms with E-state index in [1.54, 1.807) is 0 Å². The van der Waals surface area contributed by atoms with Crippen molar-refractivity contribution in [3.8, 4) is 11.1 Å². The van der Waals surface area contributed by atoms with E-state index in [9.17, 15) is 0 Å². The Bertz CT molecular complexity index is 483. The minimum Gasteiger partial charge on any atom is -0.0654 e. The molecule has 0 nitrogen and oxygen atoms in total. The van der Waals surface area contributed by atoms with Gasteiger partial charge in [-0.05, 0) is 42.0 Å². The zero-order chi connectivity index (χ0) is 12.1. The standard InChI is InChI=1S/C17H20/c1-3-4-10-15-11-6-8-13-17(15)16-12-7-5-9-14(16)2/h5-9,11-13H,3-4,10H2,1-2H3. The molecule has 0 radical (unpaired) electrons. The van der Waals surface area contributed by atoms with E-state index in [2.05, 4.69) is 62.4 Å². The molecule has 0 spiro atoms. The van der Waals surface area contributed by atoms with Gasteiger partial charge in [-0.15, -0.1) is 0 Å². The zero-order valence-electron chi connectivity index (χ0n) is 10.7. The number of benzene rings is 2. The lowest BCUT2D eigenvalue weighted by molar-refractivity contribution is 0.796. The Morgan fingerprint density at radius 2 is 1.47 bits per heavy atom. The van der Waals surface area contributed by atoms with E-state index >= 15 is 0 Å². The Labute approximate surface area is 104 Å². The maximum Gasteiger partial charge on any atom is -0.0149 e. The zero-order valence-corrected chi connectivity index (χ0v) is 10.7. The second kappa shape index (κ2) is 5.67. The molecule has 0 fully saturated rings. The van der Waals surface area contributed by atoms with Gasteiger partial charge in [-0.25, -0.2) is 0 Å². The molecule has 0 bridgehead atoms. The average Bonchev–Trinajstić information content (AvgIpc) is 2.37. The summed E-state index contributed by atoms with van der Waals surface area (Å²) in [6.07, 6.45) is 3.70. The maximum atomic E-state index is 2.26. The first kappa shape index (κ1) is 11.9. The second-order valence-corrected chi connectivity index (χ2v) is 4.58. The molecular weight excluding hydrogens is 204 g/mol. The van der Waals surface area contributed by atoms with Crippen molar-refractivity contribution in [3.05, 3.63) is 59.7 Å². The van der Waals surface area contributed by atoms with Crippen molar-refractivity contribution < 1.29 is 0 Å². The predicted octanol–water partition coefficient (Wildman–Crippen LogP) is 5.00. The van der Waals surface area contributed by atoms with Gasteiger partial charge in [0.1, 0.15) is 0 Å². The smallest absolute Gasteiger partial charge is 0.0149 e. The largest absolute Gasteiger partial charge is 0.0654 e. The van der Waals surface area contributed by atoms with Gasteiger partial charge in [-0.3, -0.25) is 0 Å². The summed E-state index contributed by atoms with van der Waals surface area (Å²) < 4.78 is 0. The Kier molecular flexibility index (Phi) is 3.98. The van der Waals surface area contributed by atoms with Crippen LogP contribution >= 0.6 is 0 Å². The van der Waals surface area contributed by atoms with Crippen LogP contribution in [0.5, 0.6) is 0 Å². The van der Waals surface area contributed by atoms with Crippen LogP contribution in [0.25, 0.3) is 11.1 Å². The first-order valence-corrected chi connectivity index (χ1v) is 6.47. The van der Waals surface area contributed by atoms with Crippen LogP contribution in [0.15, 0.2) is 48.5 Å². The van der Waals surface area contributed by atoms with Crippen molar-refractivity contribution in [2.75, 3.05) is 0 Å². The normalized spacial score (nSPS) is 10.5. The molecule has 0 heteroatoms. The number of rotatable bonds is 4. The van der Waals surface area contributed by atoms with Crippen LogP contribution < -0.4 is 0 Å². The van der Waals surface area contributed by atoms with Crippen LogP contribution in [0.3, 0.4) is 0 Å². The van der Waals surface area contributed by atoms with Crippen LogP contribution in [0, 0.1) is 6.92 Å². The van der Waals surface area contributed by atoms with Gasteiger partial charge in [-0.1, -0.05) is 61.9 Å². The molecule has 2 aromatic rings. The van der Waals surface area contributed by atoms with E-state index in [1.165, 1.54) is 41.5 Å². The summed E-state index contributed by atoms with van der Waals surface area (Å²) in [5, 5.41) is 0.